The van der Waals surface area contributed by atoms with Crippen molar-refractivity contribution in [2.24, 2.45) is 5.10 Å². The smallest absolute Gasteiger partial charge is 0.339 e. The van der Waals surface area contributed by atoms with Gasteiger partial charge in [0.15, 0.2) is 0 Å². The molecule has 0 spiro atoms. The van der Waals surface area contributed by atoms with E-state index in [4.69, 9.17) is 21.1 Å². The van der Waals surface area contributed by atoms with E-state index in [0.717, 1.165) is 0 Å². The number of hydrazone groups is 1. The molecule has 0 heterocycles. The molecule has 0 aliphatic rings. The van der Waals surface area contributed by atoms with Gasteiger partial charge in [-0.3, -0.25) is 0 Å². The monoisotopic (exact) mass is 347 g/mol. The highest BCUT2D eigenvalue weighted by Crippen LogP contribution is 2.23. The van der Waals surface area contributed by atoms with Gasteiger partial charge in [0, 0.05) is 10.6 Å². The average Bonchev–Trinajstić information content (AvgIpc) is 2.58. The van der Waals surface area contributed by atoms with E-state index in [-0.39, 0.29) is 0 Å². The molecule has 2 aromatic carbocycles. The molecule has 0 bridgehead atoms. The number of urea groups is 1. The SMILES string of the molecule is CCOc1ccc(Cl)cc1/C=N/NC(=O)Nc1ccccc1OC. The molecule has 0 radical (unpaired) electrons. The lowest BCUT2D eigenvalue weighted by molar-refractivity contribution is 0.252. The molecule has 0 saturated carbocycles. The van der Waals surface area contributed by atoms with Gasteiger partial charge < -0.3 is 14.8 Å². The molecular weight excluding hydrogens is 330 g/mol. The minimum atomic E-state index is -0.490. The van der Waals surface area contributed by atoms with Crippen molar-refractivity contribution in [1.29, 1.82) is 0 Å². The van der Waals surface area contributed by atoms with Gasteiger partial charge in [0.05, 0.1) is 25.6 Å². The molecule has 24 heavy (non-hydrogen) atoms. The second-order valence-electron chi connectivity index (χ2n) is 4.64. The summed E-state index contributed by atoms with van der Waals surface area (Å²) in [6, 6.07) is 11.8. The van der Waals surface area contributed by atoms with Gasteiger partial charge in [-0.1, -0.05) is 23.7 Å². The van der Waals surface area contributed by atoms with E-state index in [1.54, 1.807) is 36.4 Å². The fourth-order valence-corrected chi connectivity index (χ4v) is 2.15. The first kappa shape index (κ1) is 17.6. The van der Waals surface area contributed by atoms with Crippen molar-refractivity contribution in [1.82, 2.24) is 5.43 Å². The molecule has 0 fully saturated rings. The normalized spacial score (nSPS) is 10.5. The molecule has 0 atom stereocenters. The maximum absolute atomic E-state index is 11.9. The van der Waals surface area contributed by atoms with Crippen LogP contribution in [0, 0.1) is 0 Å². The Kier molecular flexibility index (Phi) is 6.45. The quantitative estimate of drug-likeness (QED) is 0.615. The number of amides is 2. The van der Waals surface area contributed by atoms with E-state index >= 15 is 0 Å². The van der Waals surface area contributed by atoms with E-state index < -0.39 is 6.03 Å². The second-order valence-corrected chi connectivity index (χ2v) is 5.08. The molecule has 6 nitrogen and oxygen atoms in total. The maximum Gasteiger partial charge on any atom is 0.339 e. The number of anilines is 1. The largest absolute Gasteiger partial charge is 0.495 e. The lowest BCUT2D eigenvalue weighted by Crippen LogP contribution is -2.24. The molecule has 0 aliphatic heterocycles. The number of nitrogens with one attached hydrogen (secondary N) is 2. The van der Waals surface area contributed by atoms with Crippen LogP contribution in [0.3, 0.4) is 0 Å². The Balaban J connectivity index is 2.01. The molecule has 0 saturated heterocycles. The summed E-state index contributed by atoms with van der Waals surface area (Å²) < 4.78 is 10.6. The Morgan fingerprint density at radius 3 is 2.79 bits per heavy atom. The number of para-hydroxylation sites is 2. The molecule has 2 N–H and O–H groups in total. The van der Waals surface area contributed by atoms with Gasteiger partial charge in [0.2, 0.25) is 0 Å². The van der Waals surface area contributed by atoms with Crippen LogP contribution in [0.15, 0.2) is 47.6 Å². The van der Waals surface area contributed by atoms with Gasteiger partial charge >= 0.3 is 6.03 Å². The zero-order chi connectivity index (χ0) is 17.4. The zero-order valence-corrected chi connectivity index (χ0v) is 14.1. The summed E-state index contributed by atoms with van der Waals surface area (Å²) in [6.07, 6.45) is 1.47. The first-order valence-electron chi connectivity index (χ1n) is 7.29. The van der Waals surface area contributed by atoms with Gasteiger partial charge in [-0.25, -0.2) is 10.2 Å². The first-order chi connectivity index (χ1) is 11.6. The number of rotatable bonds is 6. The third-order valence-electron chi connectivity index (χ3n) is 3.00. The molecule has 2 aromatic rings. The molecule has 0 aromatic heterocycles. The number of hydrogen-bond acceptors (Lipinski definition) is 4. The number of carbonyl (C=O) groups excluding carboxylic acids is 1. The van der Waals surface area contributed by atoms with E-state index in [1.807, 2.05) is 13.0 Å². The van der Waals surface area contributed by atoms with Crippen LogP contribution < -0.4 is 20.2 Å². The van der Waals surface area contributed by atoms with Crippen molar-refractivity contribution >= 4 is 29.5 Å². The van der Waals surface area contributed by atoms with Gasteiger partial charge in [0.1, 0.15) is 11.5 Å². The fourth-order valence-electron chi connectivity index (χ4n) is 1.97. The Bertz CT molecular complexity index is 735. The van der Waals surface area contributed by atoms with Crippen LogP contribution in [-0.2, 0) is 0 Å². The van der Waals surface area contributed by atoms with Crippen molar-refractivity contribution in [3.05, 3.63) is 53.1 Å². The zero-order valence-electron chi connectivity index (χ0n) is 13.4. The second kappa shape index (κ2) is 8.79. The summed E-state index contributed by atoms with van der Waals surface area (Å²) in [4.78, 5) is 11.9. The number of hydrogen-bond donors (Lipinski definition) is 2. The van der Waals surface area contributed by atoms with Gasteiger partial charge in [-0.2, -0.15) is 5.10 Å². The molecule has 2 rings (SSSR count). The Labute approximate surface area is 145 Å². The highest BCUT2D eigenvalue weighted by molar-refractivity contribution is 6.30. The first-order valence-corrected chi connectivity index (χ1v) is 7.67. The summed E-state index contributed by atoms with van der Waals surface area (Å²) in [5.74, 6) is 1.20. The third kappa shape index (κ3) is 4.89. The van der Waals surface area contributed by atoms with Gasteiger partial charge in [-0.15, -0.1) is 0 Å². The van der Waals surface area contributed by atoms with Crippen LogP contribution in [0.4, 0.5) is 10.5 Å². The number of methoxy groups -OCH3 is 1. The van der Waals surface area contributed by atoms with Crippen molar-refractivity contribution in [2.75, 3.05) is 19.0 Å². The van der Waals surface area contributed by atoms with Crippen molar-refractivity contribution in [2.45, 2.75) is 6.92 Å². The number of carbonyl (C=O) groups is 1. The minimum absolute atomic E-state index is 0.490. The lowest BCUT2D eigenvalue weighted by atomic mass is 10.2. The molecule has 0 unspecified atom stereocenters. The van der Waals surface area contributed by atoms with Crippen LogP contribution in [0.5, 0.6) is 11.5 Å². The molecule has 0 aliphatic carbocycles. The van der Waals surface area contributed by atoms with Gasteiger partial charge in [0.25, 0.3) is 0 Å². The van der Waals surface area contributed by atoms with E-state index in [0.29, 0.717) is 34.4 Å². The number of nitrogens with zero attached hydrogens (tertiary/aromatic N) is 1. The van der Waals surface area contributed by atoms with Crippen molar-refractivity contribution in [3.63, 3.8) is 0 Å². The molecular formula is C17H18ClN3O3. The highest BCUT2D eigenvalue weighted by atomic mass is 35.5. The number of benzene rings is 2. The van der Waals surface area contributed by atoms with Crippen LogP contribution in [0.25, 0.3) is 0 Å². The van der Waals surface area contributed by atoms with Crippen LogP contribution >= 0.6 is 11.6 Å². The van der Waals surface area contributed by atoms with E-state index in [9.17, 15) is 4.79 Å². The van der Waals surface area contributed by atoms with E-state index in [2.05, 4.69) is 15.8 Å². The number of ether oxygens (including phenoxy) is 2. The number of halogens is 1. The lowest BCUT2D eigenvalue weighted by Gasteiger charge is -2.09. The molecule has 2 amide bonds. The fraction of sp³-hybridized carbons (Fsp3) is 0.176. The minimum Gasteiger partial charge on any atom is -0.495 e. The Hall–Kier alpha value is -2.73. The topological polar surface area (TPSA) is 72.0 Å². The summed E-state index contributed by atoms with van der Waals surface area (Å²) in [7, 11) is 1.53. The predicted octanol–water partition coefficient (Wildman–Crippen LogP) is 3.90. The average molecular weight is 348 g/mol. The van der Waals surface area contributed by atoms with Gasteiger partial charge in [-0.05, 0) is 37.3 Å². The summed E-state index contributed by atoms with van der Waals surface area (Å²) >= 11 is 5.97. The maximum atomic E-state index is 11.9. The summed E-state index contributed by atoms with van der Waals surface area (Å²) in [5.41, 5.74) is 3.60. The highest BCUT2D eigenvalue weighted by Gasteiger charge is 2.06. The molecule has 126 valence electrons. The van der Waals surface area contributed by atoms with Crippen LogP contribution in [0.1, 0.15) is 12.5 Å². The summed E-state index contributed by atoms with van der Waals surface area (Å²) in [5, 5.41) is 7.12. The van der Waals surface area contributed by atoms with Crippen LogP contribution in [-0.4, -0.2) is 26.0 Å². The third-order valence-corrected chi connectivity index (χ3v) is 3.23. The summed E-state index contributed by atoms with van der Waals surface area (Å²) in [6.45, 7) is 2.40. The molecule has 7 heteroatoms. The Morgan fingerprint density at radius 2 is 2.04 bits per heavy atom. The van der Waals surface area contributed by atoms with E-state index in [1.165, 1.54) is 13.3 Å². The predicted molar refractivity (Wildman–Crippen MR) is 95.4 cm³/mol. The standard InChI is InChI=1S/C17H18ClN3O3/c1-3-24-15-9-8-13(18)10-12(15)11-19-21-17(22)20-14-6-4-5-7-16(14)23-2/h4-11H,3H2,1-2H3,(H2,20,21,22)/b19-11+. The Morgan fingerprint density at radius 1 is 1.25 bits per heavy atom. The van der Waals surface area contributed by atoms with Crippen molar-refractivity contribution in [3.8, 4) is 11.5 Å². The van der Waals surface area contributed by atoms with Crippen molar-refractivity contribution < 1.29 is 14.3 Å². The van der Waals surface area contributed by atoms with Crippen LogP contribution in [0.2, 0.25) is 5.02 Å².